The minimum atomic E-state index is -3.71. The second-order valence-electron chi connectivity index (χ2n) is 8.06. The minimum absolute atomic E-state index is 0.244. The van der Waals surface area contributed by atoms with Gasteiger partial charge in [0.25, 0.3) is 10.0 Å². The molecule has 0 atom stereocenters. The first-order valence-corrected chi connectivity index (χ1v) is 12.1. The molecule has 0 saturated carbocycles. The SMILES string of the molecule is Cc1cc(-c2ccnc3c2ccn3S(=O)(=O)c2ccccc2)ccc1CN1CCOCC1. The first kappa shape index (κ1) is 20.9. The van der Waals surface area contributed by atoms with Crippen molar-refractivity contribution in [3.63, 3.8) is 0 Å². The molecule has 1 aliphatic rings. The number of rotatable bonds is 5. The monoisotopic (exact) mass is 447 g/mol. The minimum Gasteiger partial charge on any atom is -0.379 e. The van der Waals surface area contributed by atoms with Crippen LogP contribution in [0.15, 0.2) is 78.0 Å². The van der Waals surface area contributed by atoms with Crippen LogP contribution in [-0.4, -0.2) is 48.6 Å². The average molecular weight is 448 g/mol. The van der Waals surface area contributed by atoms with Crippen LogP contribution in [0.25, 0.3) is 22.2 Å². The Morgan fingerprint density at radius 2 is 1.78 bits per heavy atom. The first-order valence-electron chi connectivity index (χ1n) is 10.7. The standard InChI is InChI=1S/C25H25N3O3S/c1-19-17-20(7-8-21(19)18-27-13-15-31-16-14-27)23-9-11-26-25-24(23)10-12-28(25)32(29,30)22-5-3-2-4-6-22/h2-12,17H,13-16,18H2,1H3. The molecule has 4 aromatic rings. The van der Waals surface area contributed by atoms with Gasteiger partial charge in [-0.15, -0.1) is 0 Å². The number of aryl methyl sites for hydroxylation is 1. The van der Waals surface area contributed by atoms with Crippen molar-refractivity contribution in [1.82, 2.24) is 13.9 Å². The van der Waals surface area contributed by atoms with Gasteiger partial charge in [-0.1, -0.05) is 36.4 Å². The number of fused-ring (bicyclic) bond motifs is 1. The van der Waals surface area contributed by atoms with Crippen LogP contribution < -0.4 is 0 Å². The van der Waals surface area contributed by atoms with Gasteiger partial charge in [0.15, 0.2) is 5.65 Å². The number of morpholine rings is 1. The predicted molar refractivity (Wildman–Crippen MR) is 125 cm³/mol. The van der Waals surface area contributed by atoms with Crippen LogP contribution in [0.3, 0.4) is 0 Å². The molecule has 5 rings (SSSR count). The highest BCUT2D eigenvalue weighted by atomic mass is 32.2. The molecule has 1 saturated heterocycles. The fourth-order valence-corrected chi connectivity index (χ4v) is 5.53. The Balaban J connectivity index is 1.51. The third-order valence-corrected chi connectivity index (χ3v) is 7.69. The number of hydrogen-bond donors (Lipinski definition) is 0. The van der Waals surface area contributed by atoms with E-state index in [0.29, 0.717) is 5.65 Å². The Morgan fingerprint density at radius 1 is 1.00 bits per heavy atom. The molecule has 6 nitrogen and oxygen atoms in total. The van der Waals surface area contributed by atoms with Gasteiger partial charge in [-0.25, -0.2) is 17.4 Å². The molecular weight excluding hydrogens is 422 g/mol. The van der Waals surface area contributed by atoms with Gasteiger partial charge in [0.2, 0.25) is 0 Å². The van der Waals surface area contributed by atoms with E-state index in [1.807, 2.05) is 12.1 Å². The molecule has 3 heterocycles. The van der Waals surface area contributed by atoms with Crippen molar-refractivity contribution in [2.24, 2.45) is 0 Å². The fourth-order valence-electron chi connectivity index (χ4n) is 4.21. The molecule has 1 aliphatic heterocycles. The van der Waals surface area contributed by atoms with Gasteiger partial charge in [-0.3, -0.25) is 4.90 Å². The summed E-state index contributed by atoms with van der Waals surface area (Å²) < 4.78 is 33.0. The van der Waals surface area contributed by atoms with E-state index < -0.39 is 10.0 Å². The maximum Gasteiger partial charge on any atom is 0.269 e. The summed E-state index contributed by atoms with van der Waals surface area (Å²) in [4.78, 5) is 7.05. The van der Waals surface area contributed by atoms with Gasteiger partial charge in [-0.05, 0) is 53.4 Å². The van der Waals surface area contributed by atoms with Crippen LogP contribution in [0.4, 0.5) is 0 Å². The van der Waals surface area contributed by atoms with E-state index in [1.165, 1.54) is 15.1 Å². The lowest BCUT2D eigenvalue weighted by molar-refractivity contribution is 0.0341. The number of ether oxygens (including phenoxy) is 1. The molecule has 0 unspecified atom stereocenters. The highest BCUT2D eigenvalue weighted by Gasteiger charge is 2.21. The van der Waals surface area contributed by atoms with E-state index in [4.69, 9.17) is 4.74 Å². The van der Waals surface area contributed by atoms with Crippen LogP contribution in [0, 0.1) is 6.92 Å². The third kappa shape index (κ3) is 3.83. The van der Waals surface area contributed by atoms with Gasteiger partial charge in [0, 0.05) is 37.4 Å². The van der Waals surface area contributed by atoms with Crippen molar-refractivity contribution in [3.8, 4) is 11.1 Å². The number of nitrogens with zero attached hydrogens (tertiary/aromatic N) is 3. The normalized spacial score (nSPS) is 15.3. The summed E-state index contributed by atoms with van der Waals surface area (Å²) in [7, 11) is -3.71. The summed E-state index contributed by atoms with van der Waals surface area (Å²) in [6.45, 7) is 6.52. The number of pyridine rings is 1. The van der Waals surface area contributed by atoms with E-state index in [0.717, 1.165) is 49.4 Å². The third-order valence-electron chi connectivity index (χ3n) is 6.01. The first-order chi connectivity index (χ1) is 15.5. The Morgan fingerprint density at radius 3 is 2.53 bits per heavy atom. The second-order valence-corrected chi connectivity index (χ2v) is 9.87. The van der Waals surface area contributed by atoms with Crippen molar-refractivity contribution < 1.29 is 13.2 Å². The van der Waals surface area contributed by atoms with Crippen LogP contribution >= 0.6 is 0 Å². The highest BCUT2D eigenvalue weighted by molar-refractivity contribution is 7.90. The van der Waals surface area contributed by atoms with Crippen LogP contribution in [0.2, 0.25) is 0 Å². The van der Waals surface area contributed by atoms with Crippen molar-refractivity contribution >= 4 is 21.1 Å². The molecule has 0 radical (unpaired) electrons. The molecule has 7 heteroatoms. The molecule has 0 aliphatic carbocycles. The van der Waals surface area contributed by atoms with Gasteiger partial charge in [0.05, 0.1) is 18.1 Å². The zero-order valence-electron chi connectivity index (χ0n) is 17.9. The van der Waals surface area contributed by atoms with Crippen LogP contribution in [0.5, 0.6) is 0 Å². The van der Waals surface area contributed by atoms with Crippen LogP contribution in [0.1, 0.15) is 11.1 Å². The molecule has 2 aromatic carbocycles. The van der Waals surface area contributed by atoms with Gasteiger partial charge >= 0.3 is 0 Å². The maximum atomic E-state index is 13.2. The van der Waals surface area contributed by atoms with E-state index in [-0.39, 0.29) is 4.90 Å². The zero-order valence-corrected chi connectivity index (χ0v) is 18.8. The lowest BCUT2D eigenvalue weighted by Gasteiger charge is -2.27. The summed E-state index contributed by atoms with van der Waals surface area (Å²) in [5, 5.41) is 0.812. The summed E-state index contributed by atoms with van der Waals surface area (Å²) in [5.41, 5.74) is 4.97. The van der Waals surface area contributed by atoms with Crippen molar-refractivity contribution in [2.45, 2.75) is 18.4 Å². The predicted octanol–water partition coefficient (Wildman–Crippen LogP) is 4.08. The maximum absolute atomic E-state index is 13.2. The zero-order chi connectivity index (χ0) is 22.1. The largest absolute Gasteiger partial charge is 0.379 e. The van der Waals surface area contributed by atoms with Crippen LogP contribution in [-0.2, 0) is 21.3 Å². The smallest absolute Gasteiger partial charge is 0.269 e. The van der Waals surface area contributed by atoms with Gasteiger partial charge in [-0.2, -0.15) is 0 Å². The molecule has 0 bridgehead atoms. The Bertz CT molecular complexity index is 1360. The van der Waals surface area contributed by atoms with E-state index in [2.05, 4.69) is 35.0 Å². The van der Waals surface area contributed by atoms with Crippen molar-refractivity contribution in [2.75, 3.05) is 26.3 Å². The molecule has 2 aromatic heterocycles. The Labute approximate surface area is 188 Å². The molecule has 0 N–H and O–H groups in total. The van der Waals surface area contributed by atoms with Crippen molar-refractivity contribution in [3.05, 3.63) is 84.2 Å². The quantitative estimate of drug-likeness (QED) is 0.461. The molecule has 1 fully saturated rings. The van der Waals surface area contributed by atoms with E-state index >= 15 is 0 Å². The van der Waals surface area contributed by atoms with E-state index in [1.54, 1.807) is 42.7 Å². The molecule has 164 valence electrons. The Kier molecular flexibility index (Phi) is 5.55. The topological polar surface area (TPSA) is 64.4 Å². The van der Waals surface area contributed by atoms with E-state index in [9.17, 15) is 8.42 Å². The number of aromatic nitrogens is 2. The lowest BCUT2D eigenvalue weighted by atomic mass is 9.98. The highest BCUT2D eigenvalue weighted by Crippen LogP contribution is 2.31. The molecule has 0 spiro atoms. The average Bonchev–Trinajstić information content (AvgIpc) is 3.27. The van der Waals surface area contributed by atoms with Gasteiger partial charge < -0.3 is 4.74 Å². The number of benzene rings is 2. The van der Waals surface area contributed by atoms with Crippen molar-refractivity contribution in [1.29, 1.82) is 0 Å². The lowest BCUT2D eigenvalue weighted by Crippen LogP contribution is -2.35. The fraction of sp³-hybridized carbons (Fsp3) is 0.240. The number of hydrogen-bond acceptors (Lipinski definition) is 5. The second kappa shape index (κ2) is 8.50. The molecule has 32 heavy (non-hydrogen) atoms. The van der Waals surface area contributed by atoms with Gasteiger partial charge in [0.1, 0.15) is 0 Å². The summed E-state index contributed by atoms with van der Waals surface area (Å²) in [5.74, 6) is 0. The molecular formula is C25H25N3O3S. The summed E-state index contributed by atoms with van der Waals surface area (Å²) in [6, 6.07) is 18.7. The molecule has 0 amide bonds. The summed E-state index contributed by atoms with van der Waals surface area (Å²) >= 11 is 0. The Hall–Kier alpha value is -3.00. The summed E-state index contributed by atoms with van der Waals surface area (Å²) in [6.07, 6.45) is 3.26.